The molecule has 0 saturated heterocycles. The lowest BCUT2D eigenvalue weighted by Crippen LogP contribution is -2.42. The standard InChI is InChI=1S/C37H44N6O5/c1-8-22-17(2)24-16-29-31(21(6)44)19(4)26(40-29)14-25-18(3)23(10-11-30(45)48-7)34(41-25)33-35-32(20(5)27(42-35)15-28(22)39-24)36(46)43(37(33)47)13-9-12-38/h14-18,22-23,39,42H,8-13,38H2,1-7H3/t17-,18+,22-,23+/m1/s1. The highest BCUT2D eigenvalue weighted by atomic mass is 16.5. The van der Waals surface area contributed by atoms with Crippen LogP contribution >= 0.6 is 0 Å². The van der Waals surface area contributed by atoms with Crippen LogP contribution in [0.1, 0.15) is 144 Å². The van der Waals surface area contributed by atoms with E-state index in [1.165, 1.54) is 12.0 Å². The minimum atomic E-state index is -0.439. The SMILES string of the molecule is CC[C@H]1c2cc3[nH]c4c(c5nc(cc6nc(cc([nH]2)[C@@H]1C)C(C(C)=O)=C6C)[C@@H](C)[C@@H]5CCC(=O)OC)C(=O)N(CCCN)C(=O)c4c3C. The third kappa shape index (κ3) is 5.34. The molecule has 0 fully saturated rings. The second kappa shape index (κ2) is 12.8. The molecule has 0 saturated carbocycles. The van der Waals surface area contributed by atoms with E-state index in [0.717, 1.165) is 34.5 Å². The fourth-order valence-electron chi connectivity index (χ4n) is 7.77. The number of allylic oxidation sites excluding steroid dienone is 2. The summed E-state index contributed by atoms with van der Waals surface area (Å²) >= 11 is 0. The van der Waals surface area contributed by atoms with Gasteiger partial charge in [0.05, 0.1) is 40.8 Å². The first-order valence-corrected chi connectivity index (χ1v) is 16.8. The Bertz CT molecular complexity index is 1970. The average Bonchev–Trinajstić information content (AvgIpc) is 3.73. The molecule has 2 aromatic heterocycles. The number of fused-ring (bicyclic) bond motifs is 8. The third-order valence-corrected chi connectivity index (χ3v) is 10.6. The number of aromatic nitrogens is 4. The zero-order valence-corrected chi connectivity index (χ0v) is 28.7. The summed E-state index contributed by atoms with van der Waals surface area (Å²) in [6.45, 7) is 12.2. The molecule has 0 radical (unpaired) electrons. The Morgan fingerprint density at radius 2 is 1.69 bits per heavy atom. The topological polar surface area (TPSA) is 164 Å². The molecule has 4 atom stereocenters. The van der Waals surface area contributed by atoms with Crippen LogP contribution in [0.25, 0.3) is 22.2 Å². The number of ether oxygens (including phenoxy) is 1. The highest BCUT2D eigenvalue weighted by molar-refractivity contribution is 6.27. The van der Waals surface area contributed by atoms with Crippen LogP contribution in [0, 0.1) is 6.92 Å². The van der Waals surface area contributed by atoms with Crippen LogP contribution in [0.5, 0.6) is 0 Å². The van der Waals surface area contributed by atoms with Gasteiger partial charge in [0.25, 0.3) is 11.8 Å². The van der Waals surface area contributed by atoms with Crippen molar-refractivity contribution in [3.05, 3.63) is 69.1 Å². The van der Waals surface area contributed by atoms with Crippen LogP contribution in [0.15, 0.2) is 18.2 Å². The van der Waals surface area contributed by atoms with Crippen molar-refractivity contribution in [2.24, 2.45) is 5.73 Å². The van der Waals surface area contributed by atoms with Crippen LogP contribution < -0.4 is 5.73 Å². The number of aromatic amines is 2. The number of hydrogen-bond acceptors (Lipinski definition) is 8. The van der Waals surface area contributed by atoms with Gasteiger partial charge in [-0.3, -0.25) is 29.1 Å². The molecular weight excluding hydrogens is 608 g/mol. The number of Topliss-reactive ketones (excluding diaryl/α,β-unsaturated/α-hetero) is 1. The Hall–Kier alpha value is -4.64. The molecule has 0 unspecified atom stereocenters. The Morgan fingerprint density at radius 1 is 0.958 bits per heavy atom. The van der Waals surface area contributed by atoms with E-state index in [1.807, 2.05) is 39.0 Å². The molecule has 6 heterocycles. The maximum Gasteiger partial charge on any atom is 0.305 e. The maximum absolute atomic E-state index is 14.4. The van der Waals surface area contributed by atoms with Crippen LogP contribution in [-0.2, 0) is 14.3 Å². The molecule has 4 N–H and O–H groups in total. The zero-order valence-electron chi connectivity index (χ0n) is 28.7. The Morgan fingerprint density at radius 3 is 2.35 bits per heavy atom. The second-order valence-corrected chi connectivity index (χ2v) is 13.3. The summed E-state index contributed by atoms with van der Waals surface area (Å²) < 4.78 is 4.97. The van der Waals surface area contributed by atoms with Crippen molar-refractivity contribution >= 4 is 45.7 Å². The Kier molecular flexibility index (Phi) is 8.84. The molecule has 0 aliphatic carbocycles. The molecule has 6 rings (SSSR count). The summed E-state index contributed by atoms with van der Waals surface area (Å²) in [5.74, 6) is -1.51. The predicted octanol–water partition coefficient (Wildman–Crippen LogP) is 5.95. The van der Waals surface area contributed by atoms with Crippen molar-refractivity contribution in [2.45, 2.75) is 90.9 Å². The minimum absolute atomic E-state index is 0.0742. The quantitative estimate of drug-likeness (QED) is 0.233. The number of nitrogens with one attached hydrogen (secondary N) is 2. The normalized spacial score (nSPS) is 21.1. The predicted molar refractivity (Wildman–Crippen MR) is 183 cm³/mol. The van der Waals surface area contributed by atoms with E-state index in [0.29, 0.717) is 64.4 Å². The van der Waals surface area contributed by atoms with Gasteiger partial charge >= 0.3 is 5.97 Å². The number of rotatable bonds is 8. The summed E-state index contributed by atoms with van der Waals surface area (Å²) in [6, 6.07) is 5.90. The van der Waals surface area contributed by atoms with Crippen molar-refractivity contribution in [1.29, 1.82) is 0 Å². The van der Waals surface area contributed by atoms with Gasteiger partial charge in [0.1, 0.15) is 0 Å². The lowest BCUT2D eigenvalue weighted by atomic mass is 9.84. The monoisotopic (exact) mass is 652 g/mol. The lowest BCUT2D eigenvalue weighted by Gasteiger charge is -2.27. The molecule has 2 aromatic rings. The van der Waals surface area contributed by atoms with Gasteiger partial charge in [0, 0.05) is 64.8 Å². The number of carbonyl (C=O) groups is 4. The van der Waals surface area contributed by atoms with Crippen molar-refractivity contribution in [3.63, 3.8) is 0 Å². The number of imide groups is 1. The van der Waals surface area contributed by atoms with Gasteiger partial charge in [-0.05, 0) is 75.9 Å². The van der Waals surface area contributed by atoms with Gasteiger partial charge in [-0.2, -0.15) is 0 Å². The average molecular weight is 653 g/mol. The number of carbonyl (C=O) groups excluding carboxylic acids is 4. The van der Waals surface area contributed by atoms with E-state index in [-0.39, 0.29) is 54.3 Å². The minimum Gasteiger partial charge on any atom is -0.469 e. The van der Waals surface area contributed by atoms with Crippen LogP contribution in [0.3, 0.4) is 0 Å². The first kappa shape index (κ1) is 33.3. The summed E-state index contributed by atoms with van der Waals surface area (Å²) in [4.78, 5) is 72.3. The van der Waals surface area contributed by atoms with Gasteiger partial charge in [0.15, 0.2) is 5.78 Å². The highest BCUT2D eigenvalue weighted by Gasteiger charge is 2.41. The highest BCUT2D eigenvalue weighted by Crippen LogP contribution is 2.45. The second-order valence-electron chi connectivity index (χ2n) is 13.3. The molecule has 11 nitrogen and oxygen atoms in total. The number of hydrogen-bond donors (Lipinski definition) is 3. The number of nitrogens with two attached hydrogens (primary N) is 1. The van der Waals surface area contributed by atoms with Crippen LogP contribution in [0.2, 0.25) is 0 Å². The van der Waals surface area contributed by atoms with Crippen molar-refractivity contribution in [1.82, 2.24) is 24.8 Å². The molecule has 48 heavy (non-hydrogen) atoms. The smallest absolute Gasteiger partial charge is 0.305 e. The van der Waals surface area contributed by atoms with E-state index in [1.54, 1.807) is 6.92 Å². The number of aryl methyl sites for hydroxylation is 1. The third-order valence-electron chi connectivity index (χ3n) is 10.6. The first-order chi connectivity index (χ1) is 22.9. The number of esters is 1. The molecule has 4 aliphatic heterocycles. The summed E-state index contributed by atoms with van der Waals surface area (Å²) in [6.07, 6.45) is 1.83. The summed E-state index contributed by atoms with van der Waals surface area (Å²) in [5.41, 5.74) is 14.2. The van der Waals surface area contributed by atoms with Crippen molar-refractivity contribution in [2.75, 3.05) is 20.2 Å². The van der Waals surface area contributed by atoms with E-state index >= 15 is 0 Å². The van der Waals surface area contributed by atoms with Gasteiger partial charge in [-0.25, -0.2) is 4.98 Å². The van der Waals surface area contributed by atoms with Crippen LogP contribution in [-0.4, -0.2) is 68.6 Å². The summed E-state index contributed by atoms with van der Waals surface area (Å²) in [7, 11) is 1.35. The molecule has 0 spiro atoms. The summed E-state index contributed by atoms with van der Waals surface area (Å²) in [5, 5.41) is 0. The van der Waals surface area contributed by atoms with Gasteiger partial charge in [0.2, 0.25) is 0 Å². The van der Waals surface area contributed by atoms with Crippen molar-refractivity contribution < 1.29 is 23.9 Å². The van der Waals surface area contributed by atoms with E-state index in [4.69, 9.17) is 20.4 Å². The van der Waals surface area contributed by atoms with Gasteiger partial charge in [-0.15, -0.1) is 0 Å². The molecule has 252 valence electrons. The molecule has 0 aromatic carbocycles. The molecule has 8 bridgehead atoms. The zero-order chi connectivity index (χ0) is 34.6. The lowest BCUT2D eigenvalue weighted by molar-refractivity contribution is -0.140. The fourth-order valence-corrected chi connectivity index (χ4v) is 7.77. The Balaban J connectivity index is 1.77. The van der Waals surface area contributed by atoms with E-state index in [9.17, 15) is 19.2 Å². The van der Waals surface area contributed by atoms with Crippen LogP contribution in [0.4, 0.5) is 0 Å². The van der Waals surface area contributed by atoms with Gasteiger partial charge < -0.3 is 20.4 Å². The fraction of sp³-hybridized carbons (Fsp3) is 0.459. The number of amides is 2. The van der Waals surface area contributed by atoms with Crippen molar-refractivity contribution in [3.8, 4) is 0 Å². The molecular formula is C37H44N6O5. The maximum atomic E-state index is 14.4. The number of methoxy groups -OCH3 is 1. The number of H-pyrrole nitrogens is 2. The molecule has 11 heteroatoms. The molecule has 2 amide bonds. The Labute approximate surface area is 280 Å². The van der Waals surface area contributed by atoms with Gasteiger partial charge in [-0.1, -0.05) is 20.8 Å². The number of ketones is 1. The largest absolute Gasteiger partial charge is 0.469 e. The molecule has 4 aliphatic rings. The number of nitrogens with zero attached hydrogens (tertiary/aromatic N) is 3. The van der Waals surface area contributed by atoms with E-state index in [2.05, 4.69) is 23.8 Å². The first-order valence-electron chi connectivity index (χ1n) is 16.8. The van der Waals surface area contributed by atoms with E-state index < -0.39 is 5.91 Å².